The Bertz CT molecular complexity index is 71.7. The molecule has 0 aromatic rings. The molecule has 0 heterocycles. The predicted octanol–water partition coefficient (Wildman–Crippen LogP) is -0.483. The predicted molar refractivity (Wildman–Crippen MR) is 20.7 cm³/mol. The maximum Gasteiger partial charge on any atom is 2.00 e. The zero-order valence-electron chi connectivity index (χ0n) is 4.01. The first-order chi connectivity index (χ1) is 3.46. The number of hydrogen-bond acceptors (Lipinski definition) is 6. The molecule has 0 rings (SSSR count). The van der Waals surface area contributed by atoms with Crippen LogP contribution in [0.25, 0.3) is 0 Å². The Kier molecular flexibility index (Phi) is 35.9. The van der Waals surface area contributed by atoms with Crippen LogP contribution in [0.15, 0.2) is 0 Å². The Hall–Kier alpha value is -0.587. The largest absolute Gasteiger partial charge is 2.00 e. The van der Waals surface area contributed by atoms with Crippen molar-refractivity contribution >= 4 is 0 Å². The molecule has 10 heteroatoms. The monoisotopic (exact) mass is 242 g/mol. The van der Waals surface area contributed by atoms with Gasteiger partial charge in [0, 0.05) is 16.8 Å². The normalized spacial score (nSPS) is 4.80. The van der Waals surface area contributed by atoms with Crippen molar-refractivity contribution in [3.8, 4) is 0 Å². The van der Waals surface area contributed by atoms with E-state index in [4.69, 9.17) is 30.6 Å². The minimum Gasteiger partial charge on any atom is -0.356 e. The van der Waals surface area contributed by atoms with Crippen molar-refractivity contribution in [2.75, 3.05) is 0 Å². The first-order valence-corrected chi connectivity index (χ1v) is 1.10. The second kappa shape index (κ2) is 15.8. The van der Waals surface area contributed by atoms with Gasteiger partial charge in [-0.3, -0.25) is 0 Å². The summed E-state index contributed by atoms with van der Waals surface area (Å²) in [5, 5.41) is 29.5. The van der Waals surface area contributed by atoms with Gasteiger partial charge in [0.05, 0.1) is 10.2 Å². The van der Waals surface area contributed by atoms with E-state index in [-0.39, 0.29) is 33.6 Å². The van der Waals surface area contributed by atoms with E-state index in [1.807, 2.05) is 0 Å². The van der Waals surface area contributed by atoms with Gasteiger partial charge in [-0.1, -0.05) is 0 Å². The summed E-state index contributed by atoms with van der Waals surface area (Å²) in [4.78, 5) is 16.5. The molecule has 64 valence electrons. The summed E-state index contributed by atoms with van der Waals surface area (Å²) < 4.78 is 0. The van der Waals surface area contributed by atoms with Crippen molar-refractivity contribution in [1.82, 2.24) is 0 Å². The van der Waals surface area contributed by atoms with Crippen LogP contribution in [0.3, 0.4) is 0 Å². The quantitative estimate of drug-likeness (QED) is 0.415. The van der Waals surface area contributed by atoms with Crippen molar-refractivity contribution in [3.05, 3.63) is 30.6 Å². The van der Waals surface area contributed by atoms with Gasteiger partial charge in [0.15, 0.2) is 0 Å². The molecule has 0 aliphatic heterocycles. The Labute approximate surface area is 74.8 Å². The molecular weight excluding hydrogens is 242 g/mol. The average molecular weight is 242 g/mol. The third-order valence-electron chi connectivity index (χ3n) is 0. The number of rotatable bonds is 0. The number of hydrogen-bond donors (Lipinski definition) is 0. The van der Waals surface area contributed by atoms with Gasteiger partial charge in [-0.05, 0) is 0 Å². The van der Waals surface area contributed by atoms with Crippen LogP contribution in [0.4, 0.5) is 0 Å². The van der Waals surface area contributed by atoms with Gasteiger partial charge in [-0.15, -0.1) is 0 Å². The van der Waals surface area contributed by atoms with E-state index in [1.54, 1.807) is 0 Å². The summed E-state index contributed by atoms with van der Waals surface area (Å²) in [6.07, 6.45) is 0. The molecule has 0 fully saturated rings. The van der Waals surface area contributed by atoms with Gasteiger partial charge in [0.1, 0.15) is 0 Å². The summed E-state index contributed by atoms with van der Waals surface area (Å²) in [5.74, 6) is 0. The molecule has 0 atom stereocenters. The minimum atomic E-state index is -1.75. The van der Waals surface area contributed by atoms with Crippen LogP contribution in [-0.2, 0) is 33.6 Å². The molecule has 0 saturated heterocycles. The molecule has 10 heavy (non-hydrogen) atoms. The Morgan fingerprint density at radius 2 is 0.800 bits per heavy atom. The van der Waals surface area contributed by atoms with Crippen molar-refractivity contribution in [2.45, 2.75) is 0 Å². The first-order valence-electron chi connectivity index (χ1n) is 1.10. The second-order valence-electron chi connectivity index (χ2n) is 0.447. The molecule has 0 unspecified atom stereocenters. The fraction of sp³-hybridized carbons (Fsp3) is 0. The second-order valence-corrected chi connectivity index (χ2v) is 0.447. The van der Waals surface area contributed by atoms with Crippen LogP contribution in [0, 0.1) is 30.6 Å². The molecule has 0 aromatic carbocycles. The van der Waals surface area contributed by atoms with Gasteiger partial charge in [-0.2, -0.15) is 0 Å². The fourth-order valence-electron chi connectivity index (χ4n) is 0. The van der Waals surface area contributed by atoms with Crippen LogP contribution in [-0.4, -0.2) is 10.2 Å². The van der Waals surface area contributed by atoms with E-state index >= 15 is 0 Å². The van der Waals surface area contributed by atoms with Crippen LogP contribution in [0.1, 0.15) is 0 Å². The molecule has 0 aromatic heterocycles. The third kappa shape index (κ3) is 885. The SMILES string of the molecule is O=[N+]([O-])[O-].O=[N+]([O-])[O-].[Co+2].[Co]. The van der Waals surface area contributed by atoms with Crippen LogP contribution >= 0.6 is 0 Å². The van der Waals surface area contributed by atoms with Crippen LogP contribution < -0.4 is 0 Å². The van der Waals surface area contributed by atoms with E-state index in [2.05, 4.69) is 0 Å². The zero-order valence-corrected chi connectivity index (χ0v) is 6.09. The van der Waals surface area contributed by atoms with Gasteiger partial charge in [0.2, 0.25) is 0 Å². The van der Waals surface area contributed by atoms with Gasteiger partial charge < -0.3 is 30.6 Å². The van der Waals surface area contributed by atoms with Crippen molar-refractivity contribution in [1.29, 1.82) is 0 Å². The molecule has 0 N–H and O–H groups in total. The third-order valence-corrected chi connectivity index (χ3v) is 0. The maximum atomic E-state index is 8.25. The molecule has 0 aliphatic rings. The van der Waals surface area contributed by atoms with E-state index in [0.717, 1.165) is 0 Å². The topological polar surface area (TPSA) is 132 Å². The Morgan fingerprint density at radius 3 is 0.800 bits per heavy atom. The summed E-state index contributed by atoms with van der Waals surface area (Å²) in [6.45, 7) is 0. The minimum absolute atomic E-state index is 0. The molecule has 8 nitrogen and oxygen atoms in total. The van der Waals surface area contributed by atoms with Crippen LogP contribution in [0.5, 0.6) is 0 Å². The number of nitrogens with zero attached hydrogens (tertiary/aromatic N) is 2. The summed E-state index contributed by atoms with van der Waals surface area (Å²) in [7, 11) is 0. The van der Waals surface area contributed by atoms with Gasteiger partial charge in [0.25, 0.3) is 0 Å². The van der Waals surface area contributed by atoms with E-state index in [9.17, 15) is 0 Å². The Balaban J connectivity index is -0.0000000300. The summed E-state index contributed by atoms with van der Waals surface area (Å²) in [5.41, 5.74) is 0. The van der Waals surface area contributed by atoms with Gasteiger partial charge in [-0.25, -0.2) is 0 Å². The van der Waals surface area contributed by atoms with Crippen molar-refractivity contribution in [3.63, 3.8) is 0 Å². The standard InChI is InChI=1S/2Co.2NO3/c;;2*2-1(3)4/q;+2;2*-1. The van der Waals surface area contributed by atoms with E-state index in [0.29, 0.717) is 0 Å². The Morgan fingerprint density at radius 1 is 0.800 bits per heavy atom. The molecule has 0 spiro atoms. The van der Waals surface area contributed by atoms with Gasteiger partial charge >= 0.3 is 16.8 Å². The first kappa shape index (κ1) is 22.7. The smallest absolute Gasteiger partial charge is 0.356 e. The molecule has 0 saturated carbocycles. The fourth-order valence-corrected chi connectivity index (χ4v) is 0. The van der Waals surface area contributed by atoms with Crippen molar-refractivity contribution in [2.24, 2.45) is 0 Å². The summed E-state index contributed by atoms with van der Waals surface area (Å²) in [6, 6.07) is 0. The van der Waals surface area contributed by atoms with Crippen LogP contribution in [0.2, 0.25) is 0 Å². The van der Waals surface area contributed by atoms with E-state index in [1.165, 1.54) is 0 Å². The van der Waals surface area contributed by atoms with Crippen molar-refractivity contribution < 1.29 is 43.7 Å². The molecule has 0 bridgehead atoms. The molecule has 0 aliphatic carbocycles. The maximum absolute atomic E-state index is 8.25. The molecule has 0 amide bonds. The average Bonchev–Trinajstić information content (AvgIpc) is 1.25. The molecule has 2 radical (unpaired) electrons. The summed E-state index contributed by atoms with van der Waals surface area (Å²) >= 11 is 0. The zero-order chi connectivity index (χ0) is 7.15. The molecular formula is Co2N2O6. The van der Waals surface area contributed by atoms with E-state index < -0.39 is 10.2 Å².